The molecule has 0 fully saturated rings. The summed E-state index contributed by atoms with van der Waals surface area (Å²) in [5.41, 5.74) is 8.83. The summed E-state index contributed by atoms with van der Waals surface area (Å²) in [4.78, 5) is 42.4. The lowest BCUT2D eigenvalue weighted by Crippen LogP contribution is -2.57. The molecule has 9 heteroatoms. The number of rotatable bonds is 6. The second-order valence-electron chi connectivity index (χ2n) is 9.11. The van der Waals surface area contributed by atoms with Gasteiger partial charge < -0.3 is 26.0 Å². The van der Waals surface area contributed by atoms with Crippen molar-refractivity contribution in [3.63, 3.8) is 0 Å². The molecule has 8 nitrogen and oxygen atoms in total. The van der Waals surface area contributed by atoms with Crippen molar-refractivity contribution in [3.05, 3.63) is 70.9 Å². The van der Waals surface area contributed by atoms with E-state index in [4.69, 9.17) is 5.73 Å². The second-order valence-corrected chi connectivity index (χ2v) is 9.11. The van der Waals surface area contributed by atoms with E-state index in [9.17, 15) is 19.5 Å². The fourth-order valence-corrected chi connectivity index (χ4v) is 4.16. The third kappa shape index (κ3) is 5.24. The van der Waals surface area contributed by atoms with Gasteiger partial charge in [-0.25, -0.2) is 4.79 Å². The van der Waals surface area contributed by atoms with Crippen LogP contribution in [0.4, 0.5) is 0 Å². The number of fused-ring (bicyclic) bond motifs is 2. The number of H-pyrrole nitrogens is 1. The van der Waals surface area contributed by atoms with E-state index in [0.717, 1.165) is 27.6 Å². The average molecular weight is 485 g/mol. The van der Waals surface area contributed by atoms with Gasteiger partial charge in [0.25, 0.3) is 0 Å². The van der Waals surface area contributed by atoms with Crippen LogP contribution in [0.3, 0.4) is 0 Å². The summed E-state index contributed by atoms with van der Waals surface area (Å²) < 4.78 is 0. The van der Waals surface area contributed by atoms with Gasteiger partial charge in [0, 0.05) is 36.6 Å². The zero-order valence-corrected chi connectivity index (χ0v) is 19.9. The van der Waals surface area contributed by atoms with Crippen LogP contribution in [0.2, 0.25) is 0 Å². The Morgan fingerprint density at radius 1 is 1.18 bits per heavy atom. The van der Waals surface area contributed by atoms with Gasteiger partial charge in [-0.1, -0.05) is 24.3 Å². The van der Waals surface area contributed by atoms with Crippen molar-refractivity contribution in [2.45, 2.75) is 44.8 Å². The highest BCUT2D eigenvalue weighted by molar-refractivity contribution is 5.93. The van der Waals surface area contributed by atoms with Gasteiger partial charge in [-0.15, -0.1) is 12.4 Å². The number of aromatic amines is 1. The highest BCUT2D eigenvalue weighted by Gasteiger charge is 2.32. The molecule has 3 aromatic rings. The molecule has 2 amide bonds. The topological polar surface area (TPSA) is 129 Å². The maximum Gasteiger partial charge on any atom is 0.335 e. The van der Waals surface area contributed by atoms with E-state index in [2.05, 4.69) is 10.3 Å². The number of para-hydroxylation sites is 1. The van der Waals surface area contributed by atoms with Crippen LogP contribution in [0, 0.1) is 0 Å². The van der Waals surface area contributed by atoms with Gasteiger partial charge >= 0.3 is 5.97 Å². The van der Waals surface area contributed by atoms with Gasteiger partial charge in [0.2, 0.25) is 11.8 Å². The molecule has 0 unspecified atom stereocenters. The van der Waals surface area contributed by atoms with E-state index in [-0.39, 0.29) is 23.9 Å². The Morgan fingerprint density at radius 2 is 1.91 bits per heavy atom. The van der Waals surface area contributed by atoms with Crippen molar-refractivity contribution in [3.8, 4) is 0 Å². The Kier molecular flexibility index (Phi) is 7.33. The number of aromatic carboxylic acids is 1. The fraction of sp³-hybridized carbons (Fsp3) is 0.320. The molecule has 5 N–H and O–H groups in total. The molecule has 2 aromatic carbocycles. The molecule has 0 bridgehead atoms. The van der Waals surface area contributed by atoms with Crippen LogP contribution < -0.4 is 11.1 Å². The smallest absolute Gasteiger partial charge is 0.335 e. The van der Waals surface area contributed by atoms with Crippen LogP contribution in [0.15, 0.2) is 48.7 Å². The molecular weight excluding hydrogens is 456 g/mol. The number of hydrogen-bond acceptors (Lipinski definition) is 4. The summed E-state index contributed by atoms with van der Waals surface area (Å²) in [5, 5.41) is 13.1. The molecule has 180 valence electrons. The molecule has 1 aromatic heterocycles. The quantitative estimate of drug-likeness (QED) is 0.427. The monoisotopic (exact) mass is 484 g/mol. The molecule has 0 spiro atoms. The molecule has 1 aliphatic rings. The molecule has 0 saturated carbocycles. The summed E-state index contributed by atoms with van der Waals surface area (Å²) in [5.74, 6) is -1.56. The van der Waals surface area contributed by atoms with Crippen LogP contribution in [0.25, 0.3) is 10.9 Å². The van der Waals surface area contributed by atoms with Crippen LogP contribution >= 0.6 is 12.4 Å². The SMILES string of the molecule is CC(C)(N)C(=O)N[C@H](Cc1c[nH]c2ccccc12)C(=O)N1CCc2cc(C(=O)O)ccc2C1.Cl. The molecule has 0 aliphatic carbocycles. The van der Waals surface area contributed by atoms with Crippen LogP contribution in [-0.4, -0.2) is 50.9 Å². The van der Waals surface area contributed by atoms with Crippen molar-refractivity contribution in [2.75, 3.05) is 6.54 Å². The third-order valence-corrected chi connectivity index (χ3v) is 6.06. The van der Waals surface area contributed by atoms with Crippen LogP contribution in [-0.2, 0) is 29.0 Å². The molecule has 34 heavy (non-hydrogen) atoms. The number of carbonyl (C=O) groups is 3. The van der Waals surface area contributed by atoms with E-state index < -0.39 is 23.5 Å². The first-order chi connectivity index (χ1) is 15.6. The van der Waals surface area contributed by atoms with E-state index >= 15 is 0 Å². The number of hydrogen-bond donors (Lipinski definition) is 4. The van der Waals surface area contributed by atoms with Crippen molar-refractivity contribution in [1.29, 1.82) is 0 Å². The van der Waals surface area contributed by atoms with Gasteiger partial charge in [-0.3, -0.25) is 9.59 Å². The number of carboxylic acids is 1. The first kappa shape index (κ1) is 25.3. The summed E-state index contributed by atoms with van der Waals surface area (Å²) in [6.07, 6.45) is 2.74. The number of nitrogens with one attached hydrogen (secondary N) is 2. The number of nitrogens with zero attached hydrogens (tertiary/aromatic N) is 1. The van der Waals surface area contributed by atoms with E-state index in [1.807, 2.05) is 30.5 Å². The predicted octanol–water partition coefficient (Wildman–Crippen LogP) is 2.64. The Balaban J connectivity index is 0.00000324. The van der Waals surface area contributed by atoms with E-state index in [1.165, 1.54) is 0 Å². The second kappa shape index (κ2) is 9.87. The molecule has 2 heterocycles. The van der Waals surface area contributed by atoms with Crippen molar-refractivity contribution in [2.24, 2.45) is 5.73 Å². The van der Waals surface area contributed by atoms with Crippen LogP contribution in [0.5, 0.6) is 0 Å². The number of aromatic nitrogens is 1. The average Bonchev–Trinajstić information content (AvgIpc) is 3.19. The van der Waals surface area contributed by atoms with Gasteiger partial charge in [-0.2, -0.15) is 0 Å². The minimum absolute atomic E-state index is 0. The summed E-state index contributed by atoms with van der Waals surface area (Å²) in [6, 6.07) is 12.0. The summed E-state index contributed by atoms with van der Waals surface area (Å²) >= 11 is 0. The zero-order chi connectivity index (χ0) is 23.8. The third-order valence-electron chi connectivity index (χ3n) is 6.06. The molecule has 1 atom stereocenters. The van der Waals surface area contributed by atoms with Crippen molar-refractivity contribution < 1.29 is 19.5 Å². The molecule has 1 aliphatic heterocycles. The lowest BCUT2D eigenvalue weighted by atomic mass is 9.95. The number of carbonyl (C=O) groups excluding carboxylic acids is 2. The number of amides is 2. The molecule has 0 radical (unpaired) electrons. The summed E-state index contributed by atoms with van der Waals surface area (Å²) in [7, 11) is 0. The van der Waals surface area contributed by atoms with Gasteiger partial charge in [0.1, 0.15) is 6.04 Å². The maximum atomic E-state index is 13.6. The maximum absolute atomic E-state index is 13.6. The van der Waals surface area contributed by atoms with E-state index in [0.29, 0.717) is 25.9 Å². The first-order valence-corrected chi connectivity index (χ1v) is 10.9. The standard InChI is InChI=1S/C25H28N4O4.ClH/c1-25(2,26)24(33)28-21(12-18-13-27-20-6-4-3-5-19(18)20)22(30)29-10-9-15-11-16(23(31)32)7-8-17(15)14-29;/h3-8,11,13,21,27H,9-10,12,14,26H2,1-2H3,(H,28,33)(H,31,32);1H/t21-;/m1./s1. The molecule has 4 rings (SSSR count). The molecular formula is C25H29ClN4O4. The van der Waals surface area contributed by atoms with Crippen LogP contribution in [0.1, 0.15) is 40.9 Å². The van der Waals surface area contributed by atoms with Gasteiger partial charge in [0.15, 0.2) is 0 Å². The van der Waals surface area contributed by atoms with Crippen molar-refractivity contribution >= 4 is 41.1 Å². The Labute approximate surface area is 203 Å². The number of carboxylic acid groups (broad SMARTS) is 1. The number of nitrogens with two attached hydrogens (primary N) is 1. The highest BCUT2D eigenvalue weighted by Crippen LogP contribution is 2.23. The summed E-state index contributed by atoms with van der Waals surface area (Å²) in [6.45, 7) is 4.01. The minimum atomic E-state index is -1.12. The number of halogens is 1. The lowest BCUT2D eigenvalue weighted by molar-refractivity contribution is -0.138. The Hall–Kier alpha value is -3.36. The predicted molar refractivity (Wildman–Crippen MR) is 132 cm³/mol. The number of benzene rings is 2. The largest absolute Gasteiger partial charge is 0.478 e. The van der Waals surface area contributed by atoms with Gasteiger partial charge in [-0.05, 0) is 55.2 Å². The van der Waals surface area contributed by atoms with E-state index in [1.54, 1.807) is 36.9 Å². The lowest BCUT2D eigenvalue weighted by Gasteiger charge is -2.33. The molecule has 0 saturated heterocycles. The zero-order valence-electron chi connectivity index (χ0n) is 19.1. The highest BCUT2D eigenvalue weighted by atomic mass is 35.5. The fourth-order valence-electron chi connectivity index (χ4n) is 4.16. The first-order valence-electron chi connectivity index (χ1n) is 10.9. The minimum Gasteiger partial charge on any atom is -0.478 e. The Morgan fingerprint density at radius 3 is 2.62 bits per heavy atom. The Bertz CT molecular complexity index is 1230. The normalized spacial score (nSPS) is 14.1. The van der Waals surface area contributed by atoms with Crippen molar-refractivity contribution in [1.82, 2.24) is 15.2 Å². The van der Waals surface area contributed by atoms with Gasteiger partial charge in [0.05, 0.1) is 11.1 Å².